The number of ether oxygens (including phenoxy) is 1. The Morgan fingerprint density at radius 3 is 2.68 bits per heavy atom. The van der Waals surface area contributed by atoms with E-state index in [0.717, 1.165) is 17.8 Å². The maximum atomic E-state index is 12.7. The number of esters is 1. The second-order valence-corrected chi connectivity index (χ2v) is 10.7. The van der Waals surface area contributed by atoms with E-state index in [1.54, 1.807) is 35.4 Å². The average Bonchev–Trinajstić information content (AvgIpc) is 3.28. The Morgan fingerprint density at radius 2 is 2.00 bits per heavy atom. The molecule has 1 fully saturated rings. The number of sulfonamides is 1. The highest BCUT2D eigenvalue weighted by molar-refractivity contribution is 8.00. The first-order valence-electron chi connectivity index (χ1n) is 9.91. The number of aromatic nitrogens is 1. The maximum absolute atomic E-state index is 12.7. The first-order valence-corrected chi connectivity index (χ1v) is 13.3. The van der Waals surface area contributed by atoms with Crippen LogP contribution in [-0.2, 0) is 19.6 Å². The maximum Gasteiger partial charge on any atom is 0.357 e. The minimum atomic E-state index is -3.58. The SMILES string of the molecule is CCOC(=O)c1csc(C2CCN(C(=O)CSc3ccccc3S(=O)(=O)NC)CC2)n1. The molecule has 8 nitrogen and oxygen atoms in total. The van der Waals surface area contributed by atoms with Crippen LogP contribution in [0.25, 0.3) is 0 Å². The lowest BCUT2D eigenvalue weighted by atomic mass is 9.97. The summed E-state index contributed by atoms with van der Waals surface area (Å²) in [6.45, 7) is 3.29. The molecule has 0 bridgehead atoms. The number of hydrogen-bond acceptors (Lipinski definition) is 8. The Bertz CT molecular complexity index is 1030. The molecule has 1 N–H and O–H groups in total. The van der Waals surface area contributed by atoms with Crippen molar-refractivity contribution in [3.63, 3.8) is 0 Å². The quantitative estimate of drug-likeness (QED) is 0.455. The van der Waals surface area contributed by atoms with Gasteiger partial charge in [-0.25, -0.2) is 22.9 Å². The second-order valence-electron chi connectivity index (χ2n) is 6.89. The predicted molar refractivity (Wildman–Crippen MR) is 120 cm³/mol. The summed E-state index contributed by atoms with van der Waals surface area (Å²) < 4.78 is 31.6. The third-order valence-corrected chi connectivity index (χ3v) is 8.63. The molecule has 31 heavy (non-hydrogen) atoms. The Balaban J connectivity index is 1.54. The van der Waals surface area contributed by atoms with Crippen molar-refractivity contribution in [1.82, 2.24) is 14.6 Å². The summed E-state index contributed by atoms with van der Waals surface area (Å²) in [5.74, 6) is -0.0430. The van der Waals surface area contributed by atoms with Crippen LogP contribution >= 0.6 is 23.1 Å². The normalized spacial score (nSPS) is 15.1. The van der Waals surface area contributed by atoms with E-state index >= 15 is 0 Å². The summed E-state index contributed by atoms with van der Waals surface area (Å²) in [6, 6.07) is 6.65. The topological polar surface area (TPSA) is 106 Å². The van der Waals surface area contributed by atoms with Gasteiger partial charge in [-0.05, 0) is 38.9 Å². The summed E-state index contributed by atoms with van der Waals surface area (Å²) in [4.78, 5) is 31.4. The van der Waals surface area contributed by atoms with E-state index in [4.69, 9.17) is 4.74 Å². The van der Waals surface area contributed by atoms with Crippen LogP contribution in [0, 0.1) is 0 Å². The Kier molecular flexibility index (Phi) is 8.09. The molecule has 1 saturated heterocycles. The zero-order chi connectivity index (χ0) is 22.4. The molecule has 1 aromatic carbocycles. The molecule has 0 aliphatic carbocycles. The van der Waals surface area contributed by atoms with Crippen LogP contribution in [0.5, 0.6) is 0 Å². The Hall–Kier alpha value is -1.95. The molecule has 0 atom stereocenters. The highest BCUT2D eigenvalue weighted by Crippen LogP contribution is 2.31. The van der Waals surface area contributed by atoms with Gasteiger partial charge < -0.3 is 9.64 Å². The molecule has 1 amide bonds. The van der Waals surface area contributed by atoms with Gasteiger partial charge in [0.2, 0.25) is 15.9 Å². The molecule has 11 heteroatoms. The van der Waals surface area contributed by atoms with Gasteiger partial charge in [0, 0.05) is 29.3 Å². The van der Waals surface area contributed by atoms with Crippen LogP contribution in [0.1, 0.15) is 41.2 Å². The Morgan fingerprint density at radius 1 is 1.29 bits per heavy atom. The monoisotopic (exact) mass is 483 g/mol. The summed E-state index contributed by atoms with van der Waals surface area (Å²) in [7, 11) is -2.22. The van der Waals surface area contributed by atoms with Gasteiger partial charge in [-0.3, -0.25) is 4.79 Å². The molecular weight excluding hydrogens is 458 g/mol. The molecule has 1 aromatic heterocycles. The fraction of sp³-hybridized carbons (Fsp3) is 0.450. The number of hydrogen-bond donors (Lipinski definition) is 1. The fourth-order valence-corrected chi connectivity index (χ4v) is 6.41. The summed E-state index contributed by atoms with van der Waals surface area (Å²) in [5.41, 5.74) is 0.340. The van der Waals surface area contributed by atoms with Crippen molar-refractivity contribution in [2.45, 2.75) is 35.5 Å². The van der Waals surface area contributed by atoms with Gasteiger partial charge in [-0.1, -0.05) is 12.1 Å². The average molecular weight is 484 g/mol. The van der Waals surface area contributed by atoms with Crippen molar-refractivity contribution in [3.05, 3.63) is 40.3 Å². The van der Waals surface area contributed by atoms with Crippen molar-refractivity contribution in [1.29, 1.82) is 0 Å². The van der Waals surface area contributed by atoms with Crippen LogP contribution < -0.4 is 4.72 Å². The van der Waals surface area contributed by atoms with Gasteiger partial charge in [-0.15, -0.1) is 23.1 Å². The number of likely N-dealkylation sites (tertiary alicyclic amines) is 1. The van der Waals surface area contributed by atoms with Gasteiger partial charge in [0.25, 0.3) is 0 Å². The molecule has 0 unspecified atom stereocenters. The number of piperidine rings is 1. The molecule has 3 rings (SSSR count). The molecule has 1 aliphatic heterocycles. The number of rotatable bonds is 8. The number of thiazole rings is 1. The molecule has 0 saturated carbocycles. The van der Waals surface area contributed by atoms with E-state index in [-0.39, 0.29) is 22.5 Å². The molecule has 2 heterocycles. The molecular formula is C20H25N3O5S3. The zero-order valence-electron chi connectivity index (χ0n) is 17.4. The number of thioether (sulfide) groups is 1. The number of benzene rings is 1. The van der Waals surface area contributed by atoms with Gasteiger partial charge in [0.1, 0.15) is 0 Å². The highest BCUT2D eigenvalue weighted by atomic mass is 32.2. The van der Waals surface area contributed by atoms with Crippen LogP contribution in [0.15, 0.2) is 39.4 Å². The smallest absolute Gasteiger partial charge is 0.357 e. The lowest BCUT2D eigenvalue weighted by Crippen LogP contribution is -2.39. The second kappa shape index (κ2) is 10.6. The van der Waals surface area contributed by atoms with E-state index < -0.39 is 16.0 Å². The van der Waals surface area contributed by atoms with Gasteiger partial charge in [-0.2, -0.15) is 0 Å². The molecule has 1 aliphatic rings. The van der Waals surface area contributed by atoms with Crippen LogP contribution in [0.3, 0.4) is 0 Å². The van der Waals surface area contributed by atoms with Gasteiger partial charge in [0.15, 0.2) is 5.69 Å². The van der Waals surface area contributed by atoms with Crippen LogP contribution in [0.4, 0.5) is 0 Å². The number of carbonyl (C=O) groups excluding carboxylic acids is 2. The van der Waals surface area contributed by atoms with Crippen LogP contribution in [0.2, 0.25) is 0 Å². The molecule has 0 spiro atoms. The molecule has 2 aromatic rings. The van der Waals surface area contributed by atoms with Crippen molar-refractivity contribution < 1.29 is 22.7 Å². The minimum Gasteiger partial charge on any atom is -0.461 e. The lowest BCUT2D eigenvalue weighted by Gasteiger charge is -2.31. The zero-order valence-corrected chi connectivity index (χ0v) is 19.8. The van der Waals surface area contributed by atoms with E-state index in [2.05, 4.69) is 9.71 Å². The number of nitrogens with one attached hydrogen (secondary N) is 1. The summed E-state index contributed by atoms with van der Waals surface area (Å²) >= 11 is 2.68. The minimum absolute atomic E-state index is 0.0218. The number of amides is 1. The highest BCUT2D eigenvalue weighted by Gasteiger charge is 2.27. The summed E-state index contributed by atoms with van der Waals surface area (Å²) in [6.07, 6.45) is 1.55. The van der Waals surface area contributed by atoms with E-state index in [1.807, 2.05) is 0 Å². The van der Waals surface area contributed by atoms with E-state index in [9.17, 15) is 18.0 Å². The van der Waals surface area contributed by atoms with E-state index in [1.165, 1.54) is 36.2 Å². The van der Waals surface area contributed by atoms with Gasteiger partial charge in [0.05, 0.1) is 22.3 Å². The summed E-state index contributed by atoms with van der Waals surface area (Å²) in [5, 5.41) is 2.62. The third kappa shape index (κ3) is 5.85. The molecule has 0 radical (unpaired) electrons. The standard InChI is InChI=1S/C20H25N3O5S3/c1-3-28-20(25)15-12-30-19(22-15)14-8-10-23(11-9-14)18(24)13-29-16-6-4-5-7-17(16)31(26,27)21-2/h4-7,12,14,21H,3,8-11,13H2,1-2H3. The predicted octanol–water partition coefficient (Wildman–Crippen LogP) is 2.73. The van der Waals surface area contributed by atoms with Crippen molar-refractivity contribution in [2.24, 2.45) is 0 Å². The third-order valence-electron chi connectivity index (χ3n) is 4.96. The van der Waals surface area contributed by atoms with Crippen molar-refractivity contribution in [3.8, 4) is 0 Å². The Labute approximate surface area is 190 Å². The number of nitrogens with zero attached hydrogens (tertiary/aromatic N) is 2. The van der Waals surface area contributed by atoms with Gasteiger partial charge >= 0.3 is 5.97 Å². The van der Waals surface area contributed by atoms with Crippen molar-refractivity contribution >= 4 is 45.0 Å². The lowest BCUT2D eigenvalue weighted by molar-refractivity contribution is -0.129. The number of carbonyl (C=O) groups is 2. The fourth-order valence-electron chi connectivity index (χ4n) is 3.28. The van der Waals surface area contributed by atoms with E-state index in [0.29, 0.717) is 30.3 Å². The van der Waals surface area contributed by atoms with Crippen molar-refractivity contribution in [2.75, 3.05) is 32.5 Å². The first-order chi connectivity index (χ1) is 14.9. The molecule has 168 valence electrons. The first kappa shape index (κ1) is 23.7. The largest absolute Gasteiger partial charge is 0.461 e. The van der Waals surface area contributed by atoms with Crippen LogP contribution in [-0.4, -0.2) is 62.7 Å².